The standard InChI is InChI=1S/C22H32N2O5/c1-27-18-5-3-4-6-19(18)29-20-12-16-14-24(13-15(16)11-17(20)25)21(26)22(28-2)7-9-23-10-8-22/h3-6,15-17,20,23,25H,7-14H2,1-2H3/t15-,16+,17+,20+/m0/s1. The number of hydrogen-bond donors (Lipinski definition) is 2. The second-order valence-corrected chi connectivity index (χ2v) is 8.52. The highest BCUT2D eigenvalue weighted by atomic mass is 16.5. The lowest BCUT2D eigenvalue weighted by Gasteiger charge is -2.37. The molecule has 3 aliphatic rings. The Balaban J connectivity index is 1.43. The summed E-state index contributed by atoms with van der Waals surface area (Å²) in [6, 6.07) is 7.51. The van der Waals surface area contributed by atoms with Gasteiger partial charge in [0.2, 0.25) is 0 Å². The van der Waals surface area contributed by atoms with Crippen LogP contribution in [0.1, 0.15) is 25.7 Å². The summed E-state index contributed by atoms with van der Waals surface area (Å²) in [6.45, 7) is 3.00. The maximum atomic E-state index is 13.3. The van der Waals surface area contributed by atoms with Gasteiger partial charge in [0, 0.05) is 20.2 Å². The van der Waals surface area contributed by atoms with Gasteiger partial charge in [-0.25, -0.2) is 0 Å². The van der Waals surface area contributed by atoms with Gasteiger partial charge in [-0.05, 0) is 62.7 Å². The van der Waals surface area contributed by atoms with Gasteiger partial charge in [0.25, 0.3) is 5.91 Å². The van der Waals surface area contributed by atoms with Crippen molar-refractivity contribution >= 4 is 5.91 Å². The minimum atomic E-state index is -0.704. The lowest BCUT2D eigenvalue weighted by atomic mass is 9.78. The highest BCUT2D eigenvalue weighted by molar-refractivity contribution is 5.85. The van der Waals surface area contributed by atoms with E-state index in [2.05, 4.69) is 5.32 Å². The van der Waals surface area contributed by atoms with Crippen LogP contribution >= 0.6 is 0 Å². The van der Waals surface area contributed by atoms with Gasteiger partial charge < -0.3 is 29.5 Å². The Morgan fingerprint density at radius 2 is 1.76 bits per heavy atom. The number of aliphatic hydroxyl groups is 1. The SMILES string of the molecule is COc1ccccc1O[C@@H]1C[C@@H]2CN(C(=O)C3(OC)CCNCC3)C[C@@H]2C[C@H]1O. The number of hydrogen-bond acceptors (Lipinski definition) is 6. The summed E-state index contributed by atoms with van der Waals surface area (Å²) in [5, 5.41) is 14.0. The number of para-hydroxylation sites is 2. The van der Waals surface area contributed by atoms with Gasteiger partial charge in [-0.1, -0.05) is 12.1 Å². The molecule has 1 aromatic rings. The number of piperidine rings is 1. The maximum Gasteiger partial charge on any atom is 0.254 e. The number of rotatable bonds is 5. The Hall–Kier alpha value is -1.83. The molecule has 1 amide bonds. The van der Waals surface area contributed by atoms with Crippen LogP contribution in [0.15, 0.2) is 24.3 Å². The first-order valence-corrected chi connectivity index (χ1v) is 10.6. The van der Waals surface area contributed by atoms with Crippen molar-refractivity contribution in [3.63, 3.8) is 0 Å². The summed E-state index contributed by atoms with van der Waals surface area (Å²) in [4.78, 5) is 15.3. The van der Waals surface area contributed by atoms with Crippen molar-refractivity contribution in [3.05, 3.63) is 24.3 Å². The van der Waals surface area contributed by atoms with Crippen LogP contribution in [0.4, 0.5) is 0 Å². The first kappa shape index (κ1) is 20.4. The molecule has 0 aromatic heterocycles. The quantitative estimate of drug-likeness (QED) is 0.773. The largest absolute Gasteiger partial charge is 0.493 e. The fraction of sp³-hybridized carbons (Fsp3) is 0.682. The molecule has 2 N–H and O–H groups in total. The highest BCUT2D eigenvalue weighted by Crippen LogP contribution is 2.40. The lowest BCUT2D eigenvalue weighted by Crippen LogP contribution is -2.55. The molecule has 2 heterocycles. The van der Waals surface area contributed by atoms with Crippen LogP contribution in [0.25, 0.3) is 0 Å². The van der Waals surface area contributed by atoms with E-state index in [1.54, 1.807) is 14.2 Å². The molecule has 2 saturated heterocycles. The molecular formula is C22H32N2O5. The Morgan fingerprint density at radius 3 is 2.41 bits per heavy atom. The molecule has 0 radical (unpaired) electrons. The normalized spacial score (nSPS) is 31.2. The Labute approximate surface area is 172 Å². The van der Waals surface area contributed by atoms with Crippen LogP contribution in [0.3, 0.4) is 0 Å². The summed E-state index contributed by atoms with van der Waals surface area (Å²) in [6.07, 6.45) is 1.95. The Kier molecular flexibility index (Phi) is 5.99. The second-order valence-electron chi connectivity index (χ2n) is 8.52. The van der Waals surface area contributed by atoms with Crippen molar-refractivity contribution in [3.8, 4) is 11.5 Å². The third-order valence-electron chi connectivity index (χ3n) is 6.91. The molecule has 0 bridgehead atoms. The number of likely N-dealkylation sites (tertiary alicyclic amines) is 1. The average molecular weight is 405 g/mol. The molecule has 3 fully saturated rings. The minimum absolute atomic E-state index is 0.104. The maximum absolute atomic E-state index is 13.3. The number of nitrogens with zero attached hydrogens (tertiary/aromatic N) is 1. The molecule has 4 rings (SSSR count). The topological polar surface area (TPSA) is 80.3 Å². The zero-order valence-electron chi connectivity index (χ0n) is 17.3. The fourth-order valence-electron chi connectivity index (χ4n) is 5.19. The molecule has 7 heteroatoms. The van der Waals surface area contributed by atoms with Crippen molar-refractivity contribution in [1.82, 2.24) is 10.2 Å². The van der Waals surface area contributed by atoms with Gasteiger partial charge in [0.15, 0.2) is 11.5 Å². The summed E-state index contributed by atoms with van der Waals surface area (Å²) in [5.41, 5.74) is -0.704. The van der Waals surface area contributed by atoms with Crippen LogP contribution in [0, 0.1) is 11.8 Å². The molecule has 160 valence electrons. The number of nitrogens with one attached hydrogen (secondary N) is 1. The van der Waals surface area contributed by atoms with Crippen LogP contribution in [-0.2, 0) is 9.53 Å². The molecule has 0 spiro atoms. The third kappa shape index (κ3) is 3.96. The van der Waals surface area contributed by atoms with E-state index in [1.165, 1.54) is 0 Å². The van der Waals surface area contributed by atoms with Crippen molar-refractivity contribution in [2.75, 3.05) is 40.4 Å². The van der Waals surface area contributed by atoms with Crippen molar-refractivity contribution < 1.29 is 24.1 Å². The predicted octanol–water partition coefficient (Wildman–Crippen LogP) is 1.44. The number of fused-ring (bicyclic) bond motifs is 1. The summed E-state index contributed by atoms with van der Waals surface area (Å²) < 4.78 is 17.2. The van der Waals surface area contributed by atoms with Gasteiger partial charge in [-0.2, -0.15) is 0 Å². The van der Waals surface area contributed by atoms with E-state index < -0.39 is 11.7 Å². The van der Waals surface area contributed by atoms with E-state index in [-0.39, 0.29) is 12.0 Å². The molecule has 1 saturated carbocycles. The third-order valence-corrected chi connectivity index (χ3v) is 6.91. The summed E-state index contributed by atoms with van der Waals surface area (Å²) >= 11 is 0. The molecule has 0 unspecified atom stereocenters. The second kappa shape index (κ2) is 8.50. The van der Waals surface area contributed by atoms with Gasteiger partial charge in [-0.3, -0.25) is 4.79 Å². The number of amides is 1. The van der Waals surface area contributed by atoms with E-state index in [1.807, 2.05) is 29.2 Å². The van der Waals surface area contributed by atoms with E-state index >= 15 is 0 Å². The zero-order valence-corrected chi connectivity index (χ0v) is 17.3. The van der Waals surface area contributed by atoms with E-state index in [9.17, 15) is 9.90 Å². The van der Waals surface area contributed by atoms with Crippen LogP contribution in [0.5, 0.6) is 11.5 Å². The molecule has 1 aromatic carbocycles. The monoisotopic (exact) mass is 404 g/mol. The number of carbonyl (C=O) groups is 1. The summed E-state index contributed by atoms with van der Waals surface area (Å²) in [7, 11) is 3.26. The van der Waals surface area contributed by atoms with Gasteiger partial charge in [-0.15, -0.1) is 0 Å². The summed E-state index contributed by atoms with van der Waals surface area (Å²) in [5.74, 6) is 2.06. The van der Waals surface area contributed by atoms with Gasteiger partial charge in [0.1, 0.15) is 11.7 Å². The van der Waals surface area contributed by atoms with E-state index in [0.29, 0.717) is 55.7 Å². The van der Waals surface area contributed by atoms with Crippen LogP contribution < -0.4 is 14.8 Å². The number of benzene rings is 1. The Bertz CT molecular complexity index is 721. The lowest BCUT2D eigenvalue weighted by molar-refractivity contribution is -0.157. The van der Waals surface area contributed by atoms with Gasteiger partial charge in [0.05, 0.1) is 13.2 Å². The smallest absolute Gasteiger partial charge is 0.254 e. The number of carbonyl (C=O) groups excluding carboxylic acids is 1. The Morgan fingerprint density at radius 1 is 1.10 bits per heavy atom. The fourth-order valence-corrected chi connectivity index (χ4v) is 5.19. The minimum Gasteiger partial charge on any atom is -0.493 e. The van der Waals surface area contributed by atoms with Crippen LogP contribution in [0.2, 0.25) is 0 Å². The molecule has 2 aliphatic heterocycles. The van der Waals surface area contributed by atoms with Crippen molar-refractivity contribution in [2.45, 2.75) is 43.5 Å². The van der Waals surface area contributed by atoms with Crippen molar-refractivity contribution in [2.24, 2.45) is 11.8 Å². The molecule has 1 aliphatic carbocycles. The van der Waals surface area contributed by atoms with Crippen LogP contribution in [-0.4, -0.2) is 74.1 Å². The first-order valence-electron chi connectivity index (χ1n) is 10.6. The number of ether oxygens (including phenoxy) is 3. The molecule has 29 heavy (non-hydrogen) atoms. The average Bonchev–Trinajstić information content (AvgIpc) is 3.16. The molecular weight excluding hydrogens is 372 g/mol. The molecule has 4 atom stereocenters. The van der Waals surface area contributed by atoms with Gasteiger partial charge >= 0.3 is 0 Å². The molecule has 7 nitrogen and oxygen atoms in total. The van der Waals surface area contributed by atoms with Crippen molar-refractivity contribution in [1.29, 1.82) is 0 Å². The predicted molar refractivity (Wildman–Crippen MR) is 108 cm³/mol. The number of aliphatic hydroxyl groups excluding tert-OH is 1. The first-order chi connectivity index (χ1) is 14.1. The zero-order chi connectivity index (χ0) is 20.4. The number of methoxy groups -OCH3 is 2. The van der Waals surface area contributed by atoms with E-state index in [4.69, 9.17) is 14.2 Å². The van der Waals surface area contributed by atoms with E-state index in [0.717, 1.165) is 19.5 Å². The highest BCUT2D eigenvalue weighted by Gasteiger charge is 2.49.